The highest BCUT2D eigenvalue weighted by Crippen LogP contribution is 2.36. The van der Waals surface area contributed by atoms with E-state index in [-0.39, 0.29) is 38.0 Å². The van der Waals surface area contributed by atoms with Gasteiger partial charge in [-0.05, 0) is 44.4 Å². The smallest absolute Gasteiger partial charge is 0.242 e. The zero-order valence-corrected chi connectivity index (χ0v) is 22.8. The first-order valence-corrected chi connectivity index (χ1v) is 14.4. The number of amides is 2. The third-order valence-electron chi connectivity index (χ3n) is 6.23. The van der Waals surface area contributed by atoms with Crippen LogP contribution in [-0.4, -0.2) is 57.3 Å². The zero-order chi connectivity index (χ0) is 27.0. The standard InChI is InChI=1S/C27H37N3O6S/c1-5-6-14-28-27(32)21(3)29(18-22-10-7-9-20(2)16-22)26(31)11-8-15-30(37(4,33)34)23-12-13-24-25(17-23)36-19-35-24/h7,9-10,12-13,16-17,21H,5-6,8,11,14-15,18-19H2,1-4H3,(H,28,32). The van der Waals surface area contributed by atoms with Crippen LogP contribution in [0.15, 0.2) is 42.5 Å². The van der Waals surface area contributed by atoms with Crippen LogP contribution in [-0.2, 0) is 26.2 Å². The molecule has 0 bridgehead atoms. The number of carbonyl (C=O) groups is 2. The van der Waals surface area contributed by atoms with Crippen LogP contribution in [0.3, 0.4) is 0 Å². The van der Waals surface area contributed by atoms with Gasteiger partial charge in [0.2, 0.25) is 28.6 Å². The maximum Gasteiger partial charge on any atom is 0.242 e. The number of anilines is 1. The first-order valence-electron chi connectivity index (χ1n) is 12.6. The Morgan fingerprint density at radius 3 is 2.54 bits per heavy atom. The number of nitrogens with zero attached hydrogens (tertiary/aromatic N) is 2. The third kappa shape index (κ3) is 7.85. The van der Waals surface area contributed by atoms with Crippen molar-refractivity contribution < 1.29 is 27.5 Å². The largest absolute Gasteiger partial charge is 0.454 e. The van der Waals surface area contributed by atoms with Gasteiger partial charge in [-0.25, -0.2) is 8.42 Å². The van der Waals surface area contributed by atoms with Gasteiger partial charge in [-0.1, -0.05) is 43.2 Å². The number of sulfonamides is 1. The van der Waals surface area contributed by atoms with E-state index in [1.165, 1.54) is 4.31 Å². The van der Waals surface area contributed by atoms with Crippen LogP contribution in [0.4, 0.5) is 5.69 Å². The van der Waals surface area contributed by atoms with E-state index in [0.29, 0.717) is 30.3 Å². The molecule has 37 heavy (non-hydrogen) atoms. The molecule has 1 unspecified atom stereocenters. The number of hydrogen-bond acceptors (Lipinski definition) is 6. The number of hydrogen-bond donors (Lipinski definition) is 1. The predicted octanol–water partition coefficient (Wildman–Crippen LogP) is 3.60. The van der Waals surface area contributed by atoms with Crippen LogP contribution >= 0.6 is 0 Å². The van der Waals surface area contributed by atoms with Gasteiger partial charge < -0.3 is 19.7 Å². The van der Waals surface area contributed by atoms with E-state index in [0.717, 1.165) is 30.2 Å². The molecule has 0 radical (unpaired) electrons. The van der Waals surface area contributed by atoms with Crippen molar-refractivity contribution in [2.75, 3.05) is 30.4 Å². The van der Waals surface area contributed by atoms with E-state index < -0.39 is 16.1 Å². The van der Waals surface area contributed by atoms with Gasteiger partial charge in [-0.15, -0.1) is 0 Å². The summed E-state index contributed by atoms with van der Waals surface area (Å²) in [5.41, 5.74) is 2.44. The van der Waals surface area contributed by atoms with Crippen molar-refractivity contribution in [2.24, 2.45) is 0 Å². The minimum Gasteiger partial charge on any atom is -0.454 e. The van der Waals surface area contributed by atoms with Gasteiger partial charge in [0, 0.05) is 32.1 Å². The molecule has 10 heteroatoms. The van der Waals surface area contributed by atoms with Crippen LogP contribution in [0.5, 0.6) is 11.5 Å². The summed E-state index contributed by atoms with van der Waals surface area (Å²) in [6.45, 7) is 6.81. The molecule has 0 aromatic heterocycles. The van der Waals surface area contributed by atoms with E-state index in [1.807, 2.05) is 38.1 Å². The monoisotopic (exact) mass is 531 g/mol. The minimum absolute atomic E-state index is 0.0904. The Morgan fingerprint density at radius 1 is 1.08 bits per heavy atom. The third-order valence-corrected chi connectivity index (χ3v) is 7.42. The lowest BCUT2D eigenvalue weighted by Crippen LogP contribution is -2.48. The molecule has 1 atom stereocenters. The normalized spacial score (nSPS) is 13.2. The van der Waals surface area contributed by atoms with Crippen molar-refractivity contribution in [1.82, 2.24) is 10.2 Å². The Labute approximate surface area is 219 Å². The Hall–Kier alpha value is -3.27. The Kier molecular flexibility index (Phi) is 9.79. The number of aryl methyl sites for hydroxylation is 1. The summed E-state index contributed by atoms with van der Waals surface area (Å²) in [6, 6.07) is 12.1. The van der Waals surface area contributed by atoms with Crippen molar-refractivity contribution in [3.8, 4) is 11.5 Å². The van der Waals surface area contributed by atoms with Gasteiger partial charge >= 0.3 is 0 Å². The molecule has 0 spiro atoms. The van der Waals surface area contributed by atoms with Crippen molar-refractivity contribution in [3.05, 3.63) is 53.6 Å². The SMILES string of the molecule is CCCCNC(=O)C(C)N(Cc1cccc(C)c1)C(=O)CCCN(c1ccc2c(c1)OCO2)S(C)(=O)=O. The Balaban J connectivity index is 1.71. The Bertz CT molecular complexity index is 1200. The molecule has 0 aliphatic carbocycles. The van der Waals surface area contributed by atoms with Gasteiger partial charge in [0.25, 0.3) is 0 Å². The lowest BCUT2D eigenvalue weighted by Gasteiger charge is -2.29. The summed E-state index contributed by atoms with van der Waals surface area (Å²) in [5, 5.41) is 2.91. The fourth-order valence-corrected chi connectivity index (χ4v) is 5.13. The number of ether oxygens (including phenoxy) is 2. The van der Waals surface area contributed by atoms with E-state index in [4.69, 9.17) is 9.47 Å². The first-order chi connectivity index (χ1) is 17.6. The molecule has 0 saturated heterocycles. The molecule has 0 saturated carbocycles. The highest BCUT2D eigenvalue weighted by molar-refractivity contribution is 7.92. The highest BCUT2D eigenvalue weighted by atomic mass is 32.2. The van der Waals surface area contributed by atoms with Crippen LogP contribution in [0.1, 0.15) is 50.7 Å². The number of carbonyl (C=O) groups excluding carboxylic acids is 2. The molecule has 3 rings (SSSR count). The lowest BCUT2D eigenvalue weighted by molar-refractivity contribution is -0.140. The molecule has 9 nitrogen and oxygen atoms in total. The summed E-state index contributed by atoms with van der Waals surface area (Å²) in [5.74, 6) is 0.631. The van der Waals surface area contributed by atoms with Gasteiger partial charge in [0.15, 0.2) is 11.5 Å². The molecule has 2 amide bonds. The summed E-state index contributed by atoms with van der Waals surface area (Å²) >= 11 is 0. The second-order valence-electron chi connectivity index (χ2n) is 9.31. The lowest BCUT2D eigenvalue weighted by atomic mass is 10.1. The van der Waals surface area contributed by atoms with Gasteiger partial charge in [0.1, 0.15) is 6.04 Å². The van der Waals surface area contributed by atoms with E-state index >= 15 is 0 Å². The molecular formula is C27H37N3O6S. The average molecular weight is 532 g/mol. The van der Waals surface area contributed by atoms with Crippen LogP contribution in [0.2, 0.25) is 0 Å². The fourth-order valence-electron chi connectivity index (χ4n) is 4.17. The maximum absolute atomic E-state index is 13.4. The Morgan fingerprint density at radius 2 is 1.84 bits per heavy atom. The van der Waals surface area contributed by atoms with Crippen LogP contribution in [0, 0.1) is 6.92 Å². The van der Waals surface area contributed by atoms with Crippen LogP contribution in [0.25, 0.3) is 0 Å². The molecule has 202 valence electrons. The minimum atomic E-state index is -3.60. The number of rotatable bonds is 13. The second-order valence-corrected chi connectivity index (χ2v) is 11.2. The predicted molar refractivity (Wildman–Crippen MR) is 143 cm³/mol. The van der Waals surface area contributed by atoms with Crippen LogP contribution < -0.4 is 19.1 Å². The average Bonchev–Trinajstić information content (AvgIpc) is 3.32. The van der Waals surface area contributed by atoms with Gasteiger partial charge in [-0.3, -0.25) is 13.9 Å². The molecule has 1 aliphatic heterocycles. The molecule has 0 fully saturated rings. The van der Waals surface area contributed by atoms with Gasteiger partial charge in [-0.2, -0.15) is 0 Å². The number of benzene rings is 2. The van der Waals surface area contributed by atoms with E-state index in [9.17, 15) is 18.0 Å². The summed E-state index contributed by atoms with van der Waals surface area (Å²) < 4.78 is 37.0. The van der Waals surface area contributed by atoms with Crippen molar-refractivity contribution >= 4 is 27.5 Å². The second kappa shape index (κ2) is 12.8. The number of unbranched alkanes of at least 4 members (excludes halogenated alkanes) is 1. The van der Waals surface area contributed by atoms with Gasteiger partial charge in [0.05, 0.1) is 11.9 Å². The molecule has 2 aromatic carbocycles. The molecule has 2 aromatic rings. The summed E-state index contributed by atoms with van der Waals surface area (Å²) in [7, 11) is -3.60. The quantitative estimate of drug-likeness (QED) is 0.396. The number of fused-ring (bicyclic) bond motifs is 1. The topological polar surface area (TPSA) is 105 Å². The van der Waals surface area contributed by atoms with Crippen molar-refractivity contribution in [3.63, 3.8) is 0 Å². The van der Waals surface area contributed by atoms with E-state index in [2.05, 4.69) is 5.32 Å². The van der Waals surface area contributed by atoms with Crippen molar-refractivity contribution in [2.45, 2.75) is 59.0 Å². The molecular weight excluding hydrogens is 494 g/mol. The number of nitrogens with one attached hydrogen (secondary N) is 1. The molecule has 1 N–H and O–H groups in total. The van der Waals surface area contributed by atoms with Crippen molar-refractivity contribution in [1.29, 1.82) is 0 Å². The summed E-state index contributed by atoms with van der Waals surface area (Å²) in [6.07, 6.45) is 3.34. The van der Waals surface area contributed by atoms with E-state index in [1.54, 1.807) is 30.0 Å². The molecule has 1 aliphatic rings. The molecule has 1 heterocycles. The maximum atomic E-state index is 13.4. The highest BCUT2D eigenvalue weighted by Gasteiger charge is 2.27. The summed E-state index contributed by atoms with van der Waals surface area (Å²) in [4.78, 5) is 27.7. The zero-order valence-electron chi connectivity index (χ0n) is 22.0. The first kappa shape index (κ1) is 28.3. The fraction of sp³-hybridized carbons (Fsp3) is 0.481.